The van der Waals surface area contributed by atoms with Crippen molar-refractivity contribution in [1.82, 2.24) is 5.43 Å². The molecule has 2 aromatic rings. The summed E-state index contributed by atoms with van der Waals surface area (Å²) in [6.45, 7) is 0. The normalized spacial score (nSPS) is 14.3. The van der Waals surface area contributed by atoms with Gasteiger partial charge < -0.3 is 10.5 Å². The van der Waals surface area contributed by atoms with Crippen LogP contribution in [0.2, 0.25) is 5.02 Å². The number of nitrogen functional groups attached to an aromatic ring is 1. The molecular formula is C17H15ClF3N3O4S. The van der Waals surface area contributed by atoms with Crippen LogP contribution in [0, 0.1) is 0 Å². The van der Waals surface area contributed by atoms with Gasteiger partial charge in [0.25, 0.3) is 5.91 Å². The zero-order chi connectivity index (χ0) is 21.4. The number of ether oxygens (including phenoxy) is 1. The highest BCUT2D eigenvalue weighted by Gasteiger charge is 2.38. The molecule has 1 fully saturated rings. The van der Waals surface area contributed by atoms with Gasteiger partial charge in [-0.1, -0.05) is 11.6 Å². The highest BCUT2D eigenvalue weighted by molar-refractivity contribution is 7.92. The number of nitrogens with one attached hydrogen (secondary N) is 2. The Morgan fingerprint density at radius 1 is 1.17 bits per heavy atom. The maximum absolute atomic E-state index is 12.5. The van der Waals surface area contributed by atoms with Gasteiger partial charge in [-0.25, -0.2) is 8.42 Å². The van der Waals surface area contributed by atoms with Crippen molar-refractivity contribution >= 4 is 38.7 Å². The second-order valence-corrected chi connectivity index (χ2v) is 8.89. The molecule has 29 heavy (non-hydrogen) atoms. The van der Waals surface area contributed by atoms with E-state index in [2.05, 4.69) is 15.6 Å². The van der Waals surface area contributed by atoms with Gasteiger partial charge in [-0.3, -0.25) is 15.6 Å². The SMILES string of the molecule is Nc1ccc(OC(F)(F)F)cc1C(=O)NNc1cc(Cl)ccc1S(=O)(=O)C1CC1. The largest absolute Gasteiger partial charge is 0.573 e. The van der Waals surface area contributed by atoms with Crippen molar-refractivity contribution in [2.24, 2.45) is 0 Å². The number of hydrazine groups is 1. The van der Waals surface area contributed by atoms with E-state index in [-0.39, 0.29) is 26.9 Å². The minimum atomic E-state index is -4.94. The number of hydrogen-bond donors (Lipinski definition) is 3. The van der Waals surface area contributed by atoms with Gasteiger partial charge in [0.05, 0.1) is 21.4 Å². The van der Waals surface area contributed by atoms with Gasteiger partial charge in [0.2, 0.25) is 0 Å². The summed E-state index contributed by atoms with van der Waals surface area (Å²) in [6, 6.07) is 6.89. The molecule has 1 aliphatic carbocycles. The summed E-state index contributed by atoms with van der Waals surface area (Å²) < 4.78 is 66.0. The monoisotopic (exact) mass is 449 g/mol. The van der Waals surface area contributed by atoms with E-state index >= 15 is 0 Å². The number of halogens is 4. The van der Waals surface area contributed by atoms with E-state index < -0.39 is 33.1 Å². The predicted molar refractivity (Wildman–Crippen MR) is 100 cm³/mol. The van der Waals surface area contributed by atoms with Crippen molar-refractivity contribution < 1.29 is 31.1 Å². The molecule has 0 atom stereocenters. The summed E-state index contributed by atoms with van der Waals surface area (Å²) in [4.78, 5) is 12.3. The first kappa shape index (κ1) is 21.1. The lowest BCUT2D eigenvalue weighted by molar-refractivity contribution is -0.274. The van der Waals surface area contributed by atoms with Crippen molar-refractivity contribution in [2.45, 2.75) is 29.3 Å². The smallest absolute Gasteiger partial charge is 0.406 e. The van der Waals surface area contributed by atoms with Crippen LogP contribution in [0.5, 0.6) is 5.75 Å². The molecule has 0 spiro atoms. The maximum Gasteiger partial charge on any atom is 0.573 e. The first-order valence-electron chi connectivity index (χ1n) is 8.22. The second-order valence-electron chi connectivity index (χ2n) is 6.26. The lowest BCUT2D eigenvalue weighted by Crippen LogP contribution is -2.31. The Morgan fingerprint density at radius 2 is 1.86 bits per heavy atom. The van der Waals surface area contributed by atoms with Gasteiger partial charge in [-0.15, -0.1) is 13.2 Å². The third kappa shape index (κ3) is 5.04. The minimum Gasteiger partial charge on any atom is -0.406 e. The first-order valence-corrected chi connectivity index (χ1v) is 10.1. The van der Waals surface area contributed by atoms with Crippen LogP contribution in [0.15, 0.2) is 41.3 Å². The van der Waals surface area contributed by atoms with Gasteiger partial charge in [0, 0.05) is 10.7 Å². The average Bonchev–Trinajstić information content (AvgIpc) is 3.45. The number of hydrogen-bond acceptors (Lipinski definition) is 6. The molecule has 2 aromatic carbocycles. The van der Waals surface area contributed by atoms with E-state index in [1.807, 2.05) is 0 Å². The predicted octanol–water partition coefficient (Wildman–Crippen LogP) is 3.51. The average molecular weight is 450 g/mol. The number of rotatable bonds is 6. The lowest BCUT2D eigenvalue weighted by Gasteiger charge is -2.15. The van der Waals surface area contributed by atoms with Crippen LogP contribution in [0.25, 0.3) is 0 Å². The summed E-state index contributed by atoms with van der Waals surface area (Å²) in [5.41, 5.74) is 9.95. The van der Waals surface area contributed by atoms with Crippen molar-refractivity contribution in [3.63, 3.8) is 0 Å². The fourth-order valence-electron chi connectivity index (χ4n) is 2.53. The molecule has 0 aliphatic heterocycles. The van der Waals surface area contributed by atoms with Crippen molar-refractivity contribution in [3.8, 4) is 5.75 Å². The number of alkyl halides is 3. The summed E-state index contributed by atoms with van der Waals surface area (Å²) in [5, 5.41) is -0.275. The van der Waals surface area contributed by atoms with Gasteiger partial charge in [-0.05, 0) is 49.2 Å². The fourth-order valence-corrected chi connectivity index (χ4v) is 4.49. The summed E-state index contributed by atoms with van der Waals surface area (Å²) >= 11 is 5.91. The van der Waals surface area contributed by atoms with Crippen LogP contribution in [0.3, 0.4) is 0 Å². The van der Waals surface area contributed by atoms with E-state index in [4.69, 9.17) is 17.3 Å². The lowest BCUT2D eigenvalue weighted by atomic mass is 10.1. The first-order chi connectivity index (χ1) is 13.5. The zero-order valence-corrected chi connectivity index (χ0v) is 16.2. The molecule has 0 heterocycles. The molecule has 12 heteroatoms. The van der Waals surface area contributed by atoms with Crippen LogP contribution in [0.1, 0.15) is 23.2 Å². The summed E-state index contributed by atoms with van der Waals surface area (Å²) in [7, 11) is -3.60. The quantitative estimate of drug-likeness (QED) is 0.460. The summed E-state index contributed by atoms with van der Waals surface area (Å²) in [6.07, 6.45) is -3.85. The topological polar surface area (TPSA) is 111 Å². The number of nitrogens with two attached hydrogens (primary N) is 1. The molecule has 1 aliphatic rings. The third-order valence-corrected chi connectivity index (χ3v) is 6.58. The van der Waals surface area contributed by atoms with Crippen LogP contribution >= 0.6 is 11.6 Å². The van der Waals surface area contributed by atoms with Gasteiger partial charge in [0.1, 0.15) is 5.75 Å². The van der Waals surface area contributed by atoms with E-state index in [1.54, 1.807) is 0 Å². The fraction of sp³-hybridized carbons (Fsp3) is 0.235. The van der Waals surface area contributed by atoms with Gasteiger partial charge in [-0.2, -0.15) is 0 Å². The van der Waals surface area contributed by atoms with Crippen LogP contribution < -0.4 is 21.3 Å². The number of amides is 1. The standard InChI is InChI=1S/C17H15ClF3N3O4S/c18-9-1-6-15(29(26,27)11-3-4-11)14(7-9)23-24-16(25)12-8-10(2-5-13(12)22)28-17(19,20)21/h1-2,5-8,11,23H,3-4,22H2,(H,24,25). The Morgan fingerprint density at radius 3 is 2.48 bits per heavy atom. The molecule has 7 nitrogen and oxygen atoms in total. The number of carbonyl (C=O) groups excluding carboxylic acids is 1. The van der Waals surface area contributed by atoms with E-state index in [1.165, 1.54) is 18.2 Å². The Hall–Kier alpha value is -2.66. The number of benzene rings is 2. The Bertz CT molecular complexity index is 1060. The van der Waals surface area contributed by atoms with Crippen molar-refractivity contribution in [2.75, 3.05) is 11.2 Å². The molecule has 0 radical (unpaired) electrons. The summed E-state index contributed by atoms with van der Waals surface area (Å²) in [5.74, 6) is -1.53. The van der Waals surface area contributed by atoms with Gasteiger partial charge in [0.15, 0.2) is 9.84 Å². The molecular weight excluding hydrogens is 435 g/mol. The Balaban J connectivity index is 1.81. The maximum atomic E-state index is 12.5. The number of carbonyl (C=O) groups is 1. The Kier molecular flexibility index (Phi) is 5.54. The van der Waals surface area contributed by atoms with Crippen molar-refractivity contribution in [1.29, 1.82) is 0 Å². The molecule has 0 bridgehead atoms. The number of anilines is 2. The molecule has 0 saturated heterocycles. The van der Waals surface area contributed by atoms with Crippen molar-refractivity contribution in [3.05, 3.63) is 47.0 Å². The molecule has 156 valence electrons. The van der Waals surface area contributed by atoms with Crippen LogP contribution in [-0.2, 0) is 9.84 Å². The molecule has 4 N–H and O–H groups in total. The molecule has 1 saturated carbocycles. The molecule has 0 unspecified atom stereocenters. The molecule has 1 amide bonds. The van der Waals surface area contributed by atoms with Crippen LogP contribution in [-0.4, -0.2) is 25.9 Å². The highest BCUT2D eigenvalue weighted by Crippen LogP contribution is 2.37. The zero-order valence-electron chi connectivity index (χ0n) is 14.6. The molecule has 3 rings (SSSR count). The van der Waals surface area contributed by atoms with E-state index in [0.29, 0.717) is 12.8 Å². The van der Waals surface area contributed by atoms with Crippen LogP contribution in [0.4, 0.5) is 24.5 Å². The minimum absolute atomic E-state index is 0.0269. The van der Waals surface area contributed by atoms with E-state index in [9.17, 15) is 26.4 Å². The highest BCUT2D eigenvalue weighted by atomic mass is 35.5. The third-order valence-electron chi connectivity index (χ3n) is 4.03. The van der Waals surface area contributed by atoms with Gasteiger partial charge >= 0.3 is 6.36 Å². The number of sulfone groups is 1. The molecule has 0 aromatic heterocycles. The Labute approximate surface area is 168 Å². The van der Waals surface area contributed by atoms with E-state index in [0.717, 1.165) is 18.2 Å². The second kappa shape index (κ2) is 7.64.